The average molecular weight is 378 g/mol. The van der Waals surface area contributed by atoms with E-state index in [9.17, 15) is 4.39 Å². The number of aromatic nitrogens is 2. The van der Waals surface area contributed by atoms with Gasteiger partial charge in [0, 0.05) is 60.0 Å². The number of fused-ring (bicyclic) bond motifs is 6. The summed E-state index contributed by atoms with van der Waals surface area (Å²) in [6.07, 6.45) is 7.00. The van der Waals surface area contributed by atoms with E-state index in [1.54, 1.807) is 0 Å². The molecule has 28 heavy (non-hydrogen) atoms. The van der Waals surface area contributed by atoms with E-state index < -0.39 is 0 Å². The molecule has 2 aliphatic heterocycles. The van der Waals surface area contributed by atoms with Crippen molar-refractivity contribution in [2.45, 2.75) is 64.6 Å². The molecule has 2 bridgehead atoms. The zero-order valence-corrected chi connectivity index (χ0v) is 16.8. The number of pyridine rings is 1. The highest BCUT2D eigenvalue weighted by atomic mass is 19.1. The maximum absolute atomic E-state index is 13.4. The van der Waals surface area contributed by atoms with Gasteiger partial charge in [-0.3, -0.25) is 9.37 Å². The van der Waals surface area contributed by atoms with Crippen LogP contribution in [0.1, 0.15) is 52.5 Å². The first-order valence-electron chi connectivity index (χ1n) is 10.5. The Hall–Kier alpha value is -2.20. The Balaban J connectivity index is 1.63. The van der Waals surface area contributed by atoms with E-state index in [2.05, 4.69) is 46.1 Å². The molecule has 4 heterocycles. The smallest absolute Gasteiger partial charge is 0.0935 e. The summed E-state index contributed by atoms with van der Waals surface area (Å²) >= 11 is 0. The zero-order chi connectivity index (χ0) is 19.3. The Bertz CT molecular complexity index is 1020. The molecule has 2 atom stereocenters. The summed E-state index contributed by atoms with van der Waals surface area (Å²) in [6, 6.07) is 9.72. The van der Waals surface area contributed by atoms with E-state index in [-0.39, 0.29) is 6.67 Å². The Morgan fingerprint density at radius 1 is 1.14 bits per heavy atom. The monoisotopic (exact) mass is 377 g/mol. The highest BCUT2D eigenvalue weighted by Crippen LogP contribution is 2.43. The van der Waals surface area contributed by atoms with Crippen molar-refractivity contribution in [2.24, 2.45) is 0 Å². The number of nitrogens with zero attached hydrogens (tertiary/aromatic N) is 2. The third-order valence-electron chi connectivity index (χ3n) is 6.69. The minimum absolute atomic E-state index is 0.296. The molecule has 2 unspecified atom stereocenters. The van der Waals surface area contributed by atoms with Crippen LogP contribution >= 0.6 is 0 Å². The van der Waals surface area contributed by atoms with Gasteiger partial charge in [0.05, 0.1) is 6.67 Å². The zero-order valence-electron chi connectivity index (χ0n) is 16.8. The predicted octanol–water partition coefficient (Wildman–Crippen LogP) is 4.76. The number of rotatable bonds is 5. The van der Waals surface area contributed by atoms with Crippen molar-refractivity contribution < 1.29 is 4.39 Å². The standard InChI is InChI=1S/C24H28FN3/c1-15-3-8-21-23(19(15)9-11-25)24-20-7-6-18(27-20)13-22(24)28(21)12-10-17-5-4-16(2)26-14-17/h3-5,8,14,18,20,27H,6-7,9-13H2,1-2H3. The van der Waals surface area contributed by atoms with E-state index in [1.165, 1.54) is 51.7 Å². The van der Waals surface area contributed by atoms with Crippen molar-refractivity contribution in [1.82, 2.24) is 14.9 Å². The van der Waals surface area contributed by atoms with Crippen molar-refractivity contribution in [1.29, 1.82) is 0 Å². The van der Waals surface area contributed by atoms with Crippen molar-refractivity contribution in [2.75, 3.05) is 6.67 Å². The molecule has 1 N–H and O–H groups in total. The molecular formula is C24H28FN3. The molecule has 0 aliphatic carbocycles. The Morgan fingerprint density at radius 2 is 2.04 bits per heavy atom. The van der Waals surface area contributed by atoms with E-state index >= 15 is 0 Å². The summed E-state index contributed by atoms with van der Waals surface area (Å²) in [4.78, 5) is 4.45. The van der Waals surface area contributed by atoms with Gasteiger partial charge in [0.25, 0.3) is 0 Å². The summed E-state index contributed by atoms with van der Waals surface area (Å²) in [5, 5.41) is 5.13. The molecule has 146 valence electrons. The van der Waals surface area contributed by atoms with Gasteiger partial charge >= 0.3 is 0 Å². The lowest BCUT2D eigenvalue weighted by Gasteiger charge is -2.24. The molecule has 2 aliphatic rings. The highest BCUT2D eigenvalue weighted by Gasteiger charge is 2.37. The first-order chi connectivity index (χ1) is 13.7. The van der Waals surface area contributed by atoms with Gasteiger partial charge in [-0.1, -0.05) is 12.1 Å². The van der Waals surface area contributed by atoms with Crippen molar-refractivity contribution in [3.8, 4) is 0 Å². The number of aryl methyl sites for hydroxylation is 5. The molecule has 3 aromatic rings. The molecule has 1 saturated heterocycles. The van der Waals surface area contributed by atoms with E-state index in [1.807, 2.05) is 13.1 Å². The molecular weight excluding hydrogens is 349 g/mol. The van der Waals surface area contributed by atoms with Gasteiger partial charge in [-0.05, 0) is 67.5 Å². The summed E-state index contributed by atoms with van der Waals surface area (Å²) in [5.74, 6) is 0. The molecule has 2 aromatic heterocycles. The fraction of sp³-hybridized carbons (Fsp3) is 0.458. The SMILES string of the molecule is Cc1ccc(CCn2c3c(c4c(CCF)c(C)ccc42)C2CCC(C3)N2)cn1. The van der Waals surface area contributed by atoms with Crippen LogP contribution in [-0.4, -0.2) is 22.3 Å². The van der Waals surface area contributed by atoms with Gasteiger partial charge in [-0.2, -0.15) is 0 Å². The van der Waals surface area contributed by atoms with Gasteiger partial charge in [-0.25, -0.2) is 0 Å². The average Bonchev–Trinajstić information content (AvgIpc) is 3.23. The molecule has 0 amide bonds. The number of hydrogen-bond donors (Lipinski definition) is 1. The molecule has 0 spiro atoms. The molecule has 1 aromatic carbocycles. The van der Waals surface area contributed by atoms with E-state index in [0.29, 0.717) is 18.5 Å². The van der Waals surface area contributed by atoms with Gasteiger partial charge < -0.3 is 9.88 Å². The number of hydrogen-bond acceptors (Lipinski definition) is 2. The first-order valence-corrected chi connectivity index (χ1v) is 10.5. The van der Waals surface area contributed by atoms with Gasteiger partial charge in [0.1, 0.15) is 0 Å². The molecule has 5 rings (SSSR count). The minimum atomic E-state index is -0.296. The fourth-order valence-corrected chi connectivity index (χ4v) is 5.30. The van der Waals surface area contributed by atoms with Gasteiger partial charge in [0.2, 0.25) is 0 Å². The number of halogens is 1. The second kappa shape index (κ2) is 7.00. The molecule has 3 nitrogen and oxygen atoms in total. The summed E-state index contributed by atoms with van der Waals surface area (Å²) in [5.41, 5.74) is 8.97. The second-order valence-electron chi connectivity index (χ2n) is 8.46. The van der Waals surface area contributed by atoms with Crippen LogP contribution in [0.2, 0.25) is 0 Å². The third kappa shape index (κ3) is 2.86. The van der Waals surface area contributed by atoms with Crippen LogP contribution in [0.3, 0.4) is 0 Å². The van der Waals surface area contributed by atoms with E-state index in [4.69, 9.17) is 0 Å². The lowest BCUT2D eigenvalue weighted by Crippen LogP contribution is -2.32. The third-order valence-corrected chi connectivity index (χ3v) is 6.69. The summed E-state index contributed by atoms with van der Waals surface area (Å²) in [7, 11) is 0. The van der Waals surface area contributed by atoms with Crippen LogP contribution in [-0.2, 0) is 25.8 Å². The van der Waals surface area contributed by atoms with Crippen LogP contribution in [0.5, 0.6) is 0 Å². The Kier molecular flexibility index (Phi) is 4.47. The maximum atomic E-state index is 13.4. The Labute approximate surface area is 166 Å². The Morgan fingerprint density at radius 3 is 2.82 bits per heavy atom. The van der Waals surface area contributed by atoms with Gasteiger partial charge in [0.15, 0.2) is 0 Å². The van der Waals surface area contributed by atoms with Crippen LogP contribution in [0.25, 0.3) is 10.9 Å². The normalized spacial score (nSPS) is 20.7. The quantitative estimate of drug-likeness (QED) is 0.695. The second-order valence-corrected chi connectivity index (χ2v) is 8.46. The maximum Gasteiger partial charge on any atom is 0.0935 e. The molecule has 0 saturated carbocycles. The van der Waals surface area contributed by atoms with Gasteiger partial charge in [-0.15, -0.1) is 0 Å². The van der Waals surface area contributed by atoms with Crippen LogP contribution < -0.4 is 5.32 Å². The minimum Gasteiger partial charge on any atom is -0.344 e. The highest BCUT2D eigenvalue weighted by molar-refractivity contribution is 5.91. The lowest BCUT2D eigenvalue weighted by atomic mass is 9.93. The molecule has 0 radical (unpaired) electrons. The van der Waals surface area contributed by atoms with Crippen molar-refractivity contribution >= 4 is 10.9 Å². The first kappa shape index (κ1) is 17.9. The van der Waals surface area contributed by atoms with E-state index in [0.717, 1.165) is 25.1 Å². The van der Waals surface area contributed by atoms with Crippen LogP contribution in [0.4, 0.5) is 4.39 Å². The number of benzene rings is 1. The molecule has 1 fully saturated rings. The predicted molar refractivity (Wildman–Crippen MR) is 112 cm³/mol. The lowest BCUT2D eigenvalue weighted by molar-refractivity contribution is 0.492. The van der Waals surface area contributed by atoms with Crippen LogP contribution in [0, 0.1) is 13.8 Å². The summed E-state index contributed by atoms with van der Waals surface area (Å²) in [6.45, 7) is 4.81. The summed E-state index contributed by atoms with van der Waals surface area (Å²) < 4.78 is 15.9. The number of nitrogens with one attached hydrogen (secondary N) is 1. The molecule has 4 heteroatoms. The topological polar surface area (TPSA) is 29.9 Å². The van der Waals surface area contributed by atoms with Crippen molar-refractivity contribution in [3.63, 3.8) is 0 Å². The number of alkyl halides is 1. The fourth-order valence-electron chi connectivity index (χ4n) is 5.30. The van der Waals surface area contributed by atoms with Crippen molar-refractivity contribution in [3.05, 3.63) is 64.1 Å². The largest absolute Gasteiger partial charge is 0.344 e. The van der Waals surface area contributed by atoms with Crippen LogP contribution in [0.15, 0.2) is 30.5 Å².